The Morgan fingerprint density at radius 3 is 2.50 bits per heavy atom. The summed E-state index contributed by atoms with van der Waals surface area (Å²) in [5, 5.41) is 3.30. The minimum absolute atomic E-state index is 0.183. The molecule has 1 saturated heterocycles. The summed E-state index contributed by atoms with van der Waals surface area (Å²) in [6, 6.07) is 0. The number of hydrogen-bond donors (Lipinski definition) is 1. The highest BCUT2D eigenvalue weighted by molar-refractivity contribution is 7.90. The molecule has 82 valence electrons. The van der Waals surface area contributed by atoms with Crippen molar-refractivity contribution >= 4 is 9.84 Å². The Balaban J connectivity index is 2.50. The molecule has 0 aromatic carbocycles. The monoisotopic (exact) mass is 217 g/mol. The predicted octanol–water partition coefficient (Wildman–Crippen LogP) is 0.977. The number of allylic oxidation sites excluding steroid dienone is 1. The Hall–Kier alpha value is -0.350. The molecule has 1 heterocycles. The fourth-order valence-corrected chi connectivity index (χ4v) is 2.29. The third kappa shape index (κ3) is 4.24. The van der Waals surface area contributed by atoms with Crippen LogP contribution in [0.3, 0.4) is 0 Å². The van der Waals surface area contributed by atoms with Crippen LogP contribution in [-0.2, 0) is 9.84 Å². The van der Waals surface area contributed by atoms with Gasteiger partial charge in [-0.1, -0.05) is 11.6 Å². The van der Waals surface area contributed by atoms with Crippen LogP contribution in [0, 0.1) is 5.92 Å². The Morgan fingerprint density at radius 1 is 1.43 bits per heavy atom. The molecule has 0 aliphatic carbocycles. The first-order valence-electron chi connectivity index (χ1n) is 5.04. The van der Waals surface area contributed by atoms with Crippen molar-refractivity contribution in [1.29, 1.82) is 0 Å². The van der Waals surface area contributed by atoms with Gasteiger partial charge in [0.15, 0.2) is 9.84 Å². The van der Waals surface area contributed by atoms with E-state index in [1.165, 1.54) is 11.8 Å². The van der Waals surface area contributed by atoms with E-state index in [0.29, 0.717) is 5.92 Å². The van der Waals surface area contributed by atoms with Gasteiger partial charge < -0.3 is 5.32 Å². The molecule has 0 spiro atoms. The smallest absolute Gasteiger partial charge is 0.151 e. The molecule has 4 heteroatoms. The van der Waals surface area contributed by atoms with E-state index in [1.807, 2.05) is 13.0 Å². The quantitative estimate of drug-likeness (QED) is 0.717. The molecule has 0 saturated carbocycles. The maximum absolute atomic E-state index is 11.0. The largest absolute Gasteiger partial charge is 0.317 e. The topological polar surface area (TPSA) is 46.2 Å². The Morgan fingerprint density at radius 2 is 2.00 bits per heavy atom. The van der Waals surface area contributed by atoms with Crippen LogP contribution in [0.4, 0.5) is 0 Å². The summed E-state index contributed by atoms with van der Waals surface area (Å²) in [5.74, 6) is 0.765. The van der Waals surface area contributed by atoms with Gasteiger partial charge in [0, 0.05) is 6.26 Å². The van der Waals surface area contributed by atoms with Crippen LogP contribution in [0.15, 0.2) is 11.6 Å². The highest BCUT2D eigenvalue weighted by atomic mass is 32.2. The van der Waals surface area contributed by atoms with E-state index in [9.17, 15) is 8.42 Å². The first-order chi connectivity index (χ1) is 6.49. The van der Waals surface area contributed by atoms with Gasteiger partial charge in [-0.2, -0.15) is 0 Å². The van der Waals surface area contributed by atoms with E-state index in [4.69, 9.17) is 0 Å². The fraction of sp³-hybridized carbons (Fsp3) is 0.800. The van der Waals surface area contributed by atoms with Gasteiger partial charge in [0.25, 0.3) is 0 Å². The van der Waals surface area contributed by atoms with Crippen LogP contribution in [-0.4, -0.2) is 33.5 Å². The molecule has 1 aliphatic heterocycles. The molecule has 1 rings (SSSR count). The third-order valence-corrected chi connectivity index (χ3v) is 3.46. The van der Waals surface area contributed by atoms with Crippen LogP contribution in [0.2, 0.25) is 0 Å². The maximum Gasteiger partial charge on any atom is 0.151 e. The van der Waals surface area contributed by atoms with Gasteiger partial charge in [0.2, 0.25) is 0 Å². The summed E-state index contributed by atoms with van der Waals surface area (Å²) >= 11 is 0. The number of hydrogen-bond acceptors (Lipinski definition) is 3. The molecular formula is C10H19NO2S. The molecule has 1 aliphatic rings. The molecule has 0 atom stereocenters. The standard InChI is InChI=1S/C10H19NO2S/c1-9(5-8-14(2,12)13)10-3-6-11-7-4-10/h5,10-11H,3-4,6-8H2,1-2H3/b9-5+. The van der Waals surface area contributed by atoms with Gasteiger partial charge >= 0.3 is 0 Å². The van der Waals surface area contributed by atoms with Gasteiger partial charge in [0.1, 0.15) is 0 Å². The van der Waals surface area contributed by atoms with Crippen LogP contribution < -0.4 is 5.32 Å². The van der Waals surface area contributed by atoms with Gasteiger partial charge in [-0.15, -0.1) is 0 Å². The van der Waals surface area contributed by atoms with Gasteiger partial charge in [0.05, 0.1) is 5.75 Å². The molecule has 0 bridgehead atoms. The van der Waals surface area contributed by atoms with Crippen LogP contribution in [0.5, 0.6) is 0 Å². The fourth-order valence-electron chi connectivity index (χ4n) is 1.73. The lowest BCUT2D eigenvalue weighted by Crippen LogP contribution is -2.28. The summed E-state index contributed by atoms with van der Waals surface area (Å²) < 4.78 is 21.9. The van der Waals surface area contributed by atoms with Gasteiger partial charge in [-0.25, -0.2) is 8.42 Å². The van der Waals surface area contributed by atoms with Crippen molar-refractivity contribution in [2.45, 2.75) is 19.8 Å². The second-order valence-electron chi connectivity index (χ2n) is 4.06. The molecule has 0 aromatic rings. The van der Waals surface area contributed by atoms with Gasteiger partial charge in [-0.3, -0.25) is 0 Å². The van der Waals surface area contributed by atoms with Crippen LogP contribution >= 0.6 is 0 Å². The number of piperidine rings is 1. The molecule has 14 heavy (non-hydrogen) atoms. The Bertz CT molecular complexity index is 300. The summed E-state index contributed by atoms with van der Waals surface area (Å²) in [6.07, 6.45) is 5.41. The number of nitrogens with one attached hydrogen (secondary N) is 1. The van der Waals surface area contributed by atoms with Crippen molar-refractivity contribution in [3.05, 3.63) is 11.6 Å². The number of rotatable bonds is 3. The highest BCUT2D eigenvalue weighted by Crippen LogP contribution is 2.20. The lowest BCUT2D eigenvalue weighted by Gasteiger charge is -2.23. The zero-order valence-corrected chi connectivity index (χ0v) is 9.73. The Labute approximate surface area is 86.5 Å². The molecule has 3 nitrogen and oxygen atoms in total. The molecule has 0 aromatic heterocycles. The third-order valence-electron chi connectivity index (χ3n) is 2.69. The highest BCUT2D eigenvalue weighted by Gasteiger charge is 2.14. The van der Waals surface area contributed by atoms with E-state index in [1.54, 1.807) is 0 Å². The average molecular weight is 217 g/mol. The molecule has 0 unspecified atom stereocenters. The first-order valence-corrected chi connectivity index (χ1v) is 7.10. The van der Waals surface area contributed by atoms with Crippen molar-refractivity contribution < 1.29 is 8.42 Å². The minimum atomic E-state index is -2.85. The van der Waals surface area contributed by atoms with Crippen LogP contribution in [0.1, 0.15) is 19.8 Å². The van der Waals surface area contributed by atoms with E-state index >= 15 is 0 Å². The molecular weight excluding hydrogens is 198 g/mol. The summed E-state index contributed by atoms with van der Waals surface area (Å²) in [6.45, 7) is 4.14. The SMILES string of the molecule is C/C(=C\CS(C)(=O)=O)C1CCNCC1. The molecule has 1 fully saturated rings. The number of sulfone groups is 1. The zero-order valence-electron chi connectivity index (χ0n) is 8.91. The minimum Gasteiger partial charge on any atom is -0.317 e. The first kappa shape index (κ1) is 11.7. The zero-order chi connectivity index (χ0) is 10.6. The van der Waals surface area contributed by atoms with Gasteiger partial charge in [-0.05, 0) is 38.8 Å². The van der Waals surface area contributed by atoms with E-state index in [2.05, 4.69) is 5.32 Å². The molecule has 1 N–H and O–H groups in total. The van der Waals surface area contributed by atoms with Crippen molar-refractivity contribution in [3.8, 4) is 0 Å². The molecule has 0 radical (unpaired) electrons. The lowest BCUT2D eigenvalue weighted by molar-refractivity contribution is 0.419. The van der Waals surface area contributed by atoms with E-state index in [-0.39, 0.29) is 5.75 Å². The molecule has 0 amide bonds. The normalized spacial score (nSPS) is 21.1. The average Bonchev–Trinajstić information content (AvgIpc) is 2.14. The summed E-state index contributed by atoms with van der Waals surface area (Å²) in [4.78, 5) is 0. The van der Waals surface area contributed by atoms with E-state index in [0.717, 1.165) is 25.9 Å². The predicted molar refractivity (Wildman–Crippen MR) is 59.1 cm³/mol. The second kappa shape index (κ2) is 4.94. The van der Waals surface area contributed by atoms with Crippen molar-refractivity contribution in [3.63, 3.8) is 0 Å². The van der Waals surface area contributed by atoms with E-state index < -0.39 is 9.84 Å². The second-order valence-corrected chi connectivity index (χ2v) is 6.25. The van der Waals surface area contributed by atoms with Crippen molar-refractivity contribution in [2.75, 3.05) is 25.1 Å². The summed E-state index contributed by atoms with van der Waals surface area (Å²) in [7, 11) is -2.85. The summed E-state index contributed by atoms with van der Waals surface area (Å²) in [5.41, 5.74) is 1.23. The Kier molecular flexibility index (Phi) is 4.13. The van der Waals surface area contributed by atoms with Crippen molar-refractivity contribution in [2.24, 2.45) is 5.92 Å². The van der Waals surface area contributed by atoms with Crippen molar-refractivity contribution in [1.82, 2.24) is 5.32 Å². The lowest BCUT2D eigenvalue weighted by atomic mass is 9.91. The maximum atomic E-state index is 11.0. The van der Waals surface area contributed by atoms with Crippen LogP contribution in [0.25, 0.3) is 0 Å².